The standard InChI is InChI=1S/C7H13NO2.C5H7ClO/c1-6(2)5-7(9)8(3)10-4;1-4(2)3-5(6)7/h5H,1-4H3;3H,1-2H3. The average Bonchev–Trinajstić information content (AvgIpc) is 2.14. The van der Waals surface area contributed by atoms with Crippen LogP contribution in [0.3, 0.4) is 0 Å². The summed E-state index contributed by atoms with van der Waals surface area (Å²) in [6.07, 6.45) is 2.89. The van der Waals surface area contributed by atoms with E-state index in [2.05, 4.69) is 4.84 Å². The number of hydrogen-bond donors (Lipinski definition) is 0. The van der Waals surface area contributed by atoms with Crippen LogP contribution in [0.25, 0.3) is 0 Å². The van der Waals surface area contributed by atoms with E-state index in [1.54, 1.807) is 7.05 Å². The lowest BCUT2D eigenvalue weighted by atomic mass is 10.3. The van der Waals surface area contributed by atoms with Crippen molar-refractivity contribution in [3.05, 3.63) is 23.3 Å². The van der Waals surface area contributed by atoms with E-state index in [9.17, 15) is 9.59 Å². The number of carbonyl (C=O) groups excluding carboxylic acids is 2. The molecule has 0 N–H and O–H groups in total. The van der Waals surface area contributed by atoms with Gasteiger partial charge < -0.3 is 0 Å². The van der Waals surface area contributed by atoms with Crippen molar-refractivity contribution in [1.29, 1.82) is 0 Å². The molecule has 0 atom stereocenters. The molecule has 0 aliphatic heterocycles. The minimum Gasteiger partial charge on any atom is -0.276 e. The second-order valence-electron chi connectivity index (χ2n) is 3.77. The summed E-state index contributed by atoms with van der Waals surface area (Å²) in [6, 6.07) is 0. The van der Waals surface area contributed by atoms with Gasteiger partial charge in [0.25, 0.3) is 5.91 Å². The van der Waals surface area contributed by atoms with Gasteiger partial charge in [0, 0.05) is 13.1 Å². The molecule has 0 aliphatic rings. The second kappa shape index (κ2) is 10.1. The zero-order valence-electron chi connectivity index (χ0n) is 11.2. The van der Waals surface area contributed by atoms with Gasteiger partial charge in [0.05, 0.1) is 7.11 Å². The SMILES string of the molecule is CC(C)=CC(=O)Cl.CON(C)C(=O)C=C(C)C. The highest BCUT2D eigenvalue weighted by Gasteiger charge is 2.01. The van der Waals surface area contributed by atoms with Gasteiger partial charge in [0.15, 0.2) is 0 Å². The summed E-state index contributed by atoms with van der Waals surface area (Å²) >= 11 is 4.96. The first-order valence-electron chi connectivity index (χ1n) is 5.01. The number of carbonyl (C=O) groups is 2. The van der Waals surface area contributed by atoms with E-state index >= 15 is 0 Å². The Kier molecular flexibility index (Phi) is 10.8. The Morgan fingerprint density at radius 1 is 1.06 bits per heavy atom. The minimum atomic E-state index is -0.403. The lowest BCUT2D eigenvalue weighted by Gasteiger charge is -2.10. The summed E-state index contributed by atoms with van der Waals surface area (Å²) < 4.78 is 0. The first kappa shape index (κ1) is 18.2. The fraction of sp³-hybridized carbons (Fsp3) is 0.500. The topological polar surface area (TPSA) is 46.6 Å². The molecule has 0 aromatic carbocycles. The zero-order chi connectivity index (χ0) is 14.0. The van der Waals surface area contributed by atoms with Crippen LogP contribution in [0.2, 0.25) is 0 Å². The summed E-state index contributed by atoms with van der Waals surface area (Å²) in [7, 11) is 3.03. The molecule has 0 aliphatic carbocycles. The number of likely N-dealkylation sites (N-methyl/N-ethyl adjacent to an activating group) is 1. The van der Waals surface area contributed by atoms with Gasteiger partial charge in [-0.05, 0) is 45.4 Å². The molecule has 98 valence electrons. The second-order valence-corrected chi connectivity index (χ2v) is 4.14. The normalized spacial score (nSPS) is 8.41. The van der Waals surface area contributed by atoms with E-state index in [4.69, 9.17) is 11.6 Å². The van der Waals surface area contributed by atoms with Crippen molar-refractivity contribution in [3.63, 3.8) is 0 Å². The number of rotatable bonds is 3. The number of hydroxylamine groups is 2. The lowest BCUT2D eigenvalue weighted by Crippen LogP contribution is -2.23. The Balaban J connectivity index is 0. The van der Waals surface area contributed by atoms with E-state index in [0.717, 1.165) is 11.1 Å². The number of hydrogen-bond acceptors (Lipinski definition) is 3. The molecule has 0 heterocycles. The Morgan fingerprint density at radius 3 is 1.65 bits per heavy atom. The number of halogens is 1. The molecule has 0 saturated heterocycles. The van der Waals surface area contributed by atoms with Gasteiger partial charge in [-0.1, -0.05) is 11.1 Å². The third kappa shape index (κ3) is 14.9. The van der Waals surface area contributed by atoms with Gasteiger partial charge in [0.1, 0.15) is 0 Å². The van der Waals surface area contributed by atoms with Gasteiger partial charge in [-0.2, -0.15) is 0 Å². The molecule has 0 spiro atoms. The van der Waals surface area contributed by atoms with Crippen LogP contribution in [0.4, 0.5) is 0 Å². The molecule has 0 aromatic heterocycles. The third-order valence-corrected chi connectivity index (χ3v) is 1.51. The number of nitrogens with zero attached hydrogens (tertiary/aromatic N) is 1. The van der Waals surface area contributed by atoms with E-state index in [1.165, 1.54) is 24.3 Å². The van der Waals surface area contributed by atoms with Crippen LogP contribution in [0.1, 0.15) is 27.7 Å². The van der Waals surface area contributed by atoms with Crippen molar-refractivity contribution in [3.8, 4) is 0 Å². The Hall–Kier alpha value is -1.13. The molecule has 0 bridgehead atoms. The molecule has 0 aromatic rings. The molecule has 0 radical (unpaired) electrons. The van der Waals surface area contributed by atoms with E-state index < -0.39 is 5.24 Å². The highest BCUT2D eigenvalue weighted by Crippen LogP contribution is 1.92. The minimum absolute atomic E-state index is 0.137. The van der Waals surface area contributed by atoms with E-state index in [1.807, 2.05) is 27.7 Å². The van der Waals surface area contributed by atoms with Crippen molar-refractivity contribution in [2.45, 2.75) is 27.7 Å². The lowest BCUT2D eigenvalue weighted by molar-refractivity contribution is -0.162. The van der Waals surface area contributed by atoms with Gasteiger partial charge in [0.2, 0.25) is 5.24 Å². The maximum Gasteiger partial charge on any atom is 0.269 e. The summed E-state index contributed by atoms with van der Waals surface area (Å²) in [6.45, 7) is 7.36. The highest BCUT2D eigenvalue weighted by atomic mass is 35.5. The predicted molar refractivity (Wildman–Crippen MR) is 69.5 cm³/mol. The Morgan fingerprint density at radius 2 is 1.47 bits per heavy atom. The number of allylic oxidation sites excluding steroid dienone is 3. The van der Waals surface area contributed by atoms with Crippen LogP contribution in [0.15, 0.2) is 23.3 Å². The van der Waals surface area contributed by atoms with Crippen LogP contribution in [0, 0.1) is 0 Å². The molecule has 0 unspecified atom stereocenters. The first-order valence-corrected chi connectivity index (χ1v) is 5.39. The third-order valence-electron chi connectivity index (χ3n) is 1.40. The van der Waals surface area contributed by atoms with E-state index in [-0.39, 0.29) is 5.91 Å². The average molecular weight is 262 g/mol. The van der Waals surface area contributed by atoms with Crippen LogP contribution < -0.4 is 0 Å². The van der Waals surface area contributed by atoms with Crippen LogP contribution in [-0.2, 0) is 14.4 Å². The van der Waals surface area contributed by atoms with Crippen molar-refractivity contribution >= 4 is 22.8 Å². The highest BCUT2D eigenvalue weighted by molar-refractivity contribution is 6.66. The fourth-order valence-electron chi connectivity index (χ4n) is 0.655. The monoisotopic (exact) mass is 261 g/mol. The van der Waals surface area contributed by atoms with E-state index in [0.29, 0.717) is 0 Å². The maximum atomic E-state index is 10.9. The van der Waals surface area contributed by atoms with Crippen molar-refractivity contribution in [1.82, 2.24) is 5.06 Å². The van der Waals surface area contributed by atoms with Crippen LogP contribution in [0.5, 0.6) is 0 Å². The summed E-state index contributed by atoms with van der Waals surface area (Å²) in [4.78, 5) is 25.5. The Bertz CT molecular complexity index is 314. The van der Waals surface area contributed by atoms with Crippen molar-refractivity contribution < 1.29 is 14.4 Å². The predicted octanol–water partition coefficient (Wildman–Crippen LogP) is 2.69. The summed E-state index contributed by atoms with van der Waals surface area (Å²) in [5, 5.41) is 0.771. The molecule has 0 rings (SSSR count). The molecule has 5 heteroatoms. The molecule has 17 heavy (non-hydrogen) atoms. The molecule has 4 nitrogen and oxygen atoms in total. The molecule has 1 amide bonds. The van der Waals surface area contributed by atoms with Crippen LogP contribution in [-0.4, -0.2) is 30.4 Å². The zero-order valence-corrected chi connectivity index (χ0v) is 12.0. The molecule has 0 saturated carbocycles. The van der Waals surface area contributed by atoms with Crippen LogP contribution >= 0.6 is 11.6 Å². The van der Waals surface area contributed by atoms with Crippen molar-refractivity contribution in [2.24, 2.45) is 0 Å². The number of amides is 1. The quantitative estimate of drug-likeness (QED) is 0.446. The van der Waals surface area contributed by atoms with Gasteiger partial charge in [-0.15, -0.1) is 0 Å². The first-order chi connectivity index (χ1) is 7.70. The molecular formula is C12H20ClNO3. The molecular weight excluding hydrogens is 242 g/mol. The van der Waals surface area contributed by atoms with Gasteiger partial charge in [-0.25, -0.2) is 5.06 Å². The van der Waals surface area contributed by atoms with Gasteiger partial charge in [-0.3, -0.25) is 14.4 Å². The molecule has 0 fully saturated rings. The van der Waals surface area contributed by atoms with Gasteiger partial charge >= 0.3 is 0 Å². The maximum absolute atomic E-state index is 10.9. The van der Waals surface area contributed by atoms with Crippen molar-refractivity contribution in [2.75, 3.05) is 14.2 Å². The summed E-state index contributed by atoms with van der Waals surface area (Å²) in [5.41, 5.74) is 1.90. The largest absolute Gasteiger partial charge is 0.276 e. The smallest absolute Gasteiger partial charge is 0.269 e. The Labute approximate surface area is 108 Å². The fourth-order valence-corrected chi connectivity index (χ4v) is 0.873. The summed E-state index contributed by atoms with van der Waals surface area (Å²) in [5.74, 6) is -0.137.